The Morgan fingerprint density at radius 2 is 2.00 bits per heavy atom. The van der Waals surface area contributed by atoms with Crippen molar-refractivity contribution < 1.29 is 9.90 Å². The predicted molar refractivity (Wildman–Crippen MR) is 80.0 cm³/mol. The van der Waals surface area contributed by atoms with E-state index in [1.165, 1.54) is 4.90 Å². The van der Waals surface area contributed by atoms with Crippen LogP contribution in [-0.4, -0.2) is 40.4 Å². The summed E-state index contributed by atoms with van der Waals surface area (Å²) in [5.41, 5.74) is 4.42. The molecule has 0 bridgehead atoms. The molecule has 0 saturated carbocycles. The third kappa shape index (κ3) is 3.74. The summed E-state index contributed by atoms with van der Waals surface area (Å²) >= 11 is 0. The van der Waals surface area contributed by atoms with E-state index in [1.54, 1.807) is 0 Å². The molecular formula is C15H25N3O2. The van der Waals surface area contributed by atoms with Crippen LogP contribution < -0.4 is 5.43 Å². The van der Waals surface area contributed by atoms with Crippen LogP contribution in [0.1, 0.15) is 46.5 Å². The second kappa shape index (κ2) is 5.46. The lowest BCUT2D eigenvalue weighted by atomic mass is 9.71. The minimum atomic E-state index is -0.795. The lowest BCUT2D eigenvalue weighted by Gasteiger charge is -2.40. The van der Waals surface area contributed by atoms with E-state index in [0.717, 1.165) is 31.4 Å². The van der Waals surface area contributed by atoms with Gasteiger partial charge in [0.1, 0.15) is 0 Å². The molecule has 0 atom stereocenters. The maximum absolute atomic E-state index is 10.9. The molecule has 112 valence electrons. The van der Waals surface area contributed by atoms with Crippen molar-refractivity contribution in [2.24, 2.45) is 10.5 Å². The van der Waals surface area contributed by atoms with E-state index < -0.39 is 6.09 Å². The molecule has 1 aliphatic heterocycles. The topological polar surface area (TPSA) is 64.9 Å². The van der Waals surface area contributed by atoms with Crippen LogP contribution in [0.5, 0.6) is 0 Å². The molecule has 1 saturated heterocycles. The van der Waals surface area contributed by atoms with E-state index in [0.29, 0.717) is 13.1 Å². The van der Waals surface area contributed by atoms with Crippen molar-refractivity contribution in [3.8, 4) is 0 Å². The van der Waals surface area contributed by atoms with E-state index in [2.05, 4.69) is 43.5 Å². The van der Waals surface area contributed by atoms with Crippen molar-refractivity contribution in [2.45, 2.75) is 52.0 Å². The molecule has 1 spiro atoms. The number of hydrogen-bond acceptors (Lipinski definition) is 3. The van der Waals surface area contributed by atoms with E-state index in [4.69, 9.17) is 5.11 Å². The summed E-state index contributed by atoms with van der Waals surface area (Å²) in [4.78, 5) is 12.5. The fourth-order valence-electron chi connectivity index (χ4n) is 2.71. The highest BCUT2D eigenvalue weighted by atomic mass is 16.4. The number of piperidine rings is 1. The van der Waals surface area contributed by atoms with E-state index in [1.807, 2.05) is 0 Å². The number of carbonyl (C=O) groups is 1. The Labute approximate surface area is 120 Å². The summed E-state index contributed by atoms with van der Waals surface area (Å²) in [6.45, 7) is 7.56. The number of nitrogens with one attached hydrogen (secondary N) is 1. The van der Waals surface area contributed by atoms with Crippen LogP contribution in [0.4, 0.5) is 4.79 Å². The Balaban J connectivity index is 1.94. The average molecular weight is 279 g/mol. The van der Waals surface area contributed by atoms with Gasteiger partial charge in [-0.25, -0.2) is 4.79 Å². The smallest absolute Gasteiger partial charge is 0.407 e. The zero-order valence-electron chi connectivity index (χ0n) is 12.6. The zero-order valence-corrected chi connectivity index (χ0v) is 12.6. The monoisotopic (exact) mass is 279 g/mol. The third-order valence-corrected chi connectivity index (χ3v) is 4.07. The SMILES string of the molecule is CC(C)(C)NN=C1C=CC2(CC1)CCN(C(=O)O)CC2. The zero-order chi connectivity index (χ0) is 14.8. The van der Waals surface area contributed by atoms with E-state index >= 15 is 0 Å². The summed E-state index contributed by atoms with van der Waals surface area (Å²) in [6, 6.07) is 0. The molecule has 1 heterocycles. The van der Waals surface area contributed by atoms with Gasteiger partial charge in [-0.3, -0.25) is 0 Å². The highest BCUT2D eigenvalue weighted by Gasteiger charge is 2.35. The highest BCUT2D eigenvalue weighted by Crippen LogP contribution is 2.40. The number of allylic oxidation sites excluding steroid dienone is 2. The van der Waals surface area contributed by atoms with Crippen molar-refractivity contribution in [3.63, 3.8) is 0 Å². The Bertz CT molecular complexity index is 427. The number of amides is 1. The first-order valence-electron chi connectivity index (χ1n) is 7.31. The predicted octanol–water partition coefficient (Wildman–Crippen LogP) is 2.84. The van der Waals surface area contributed by atoms with Gasteiger partial charge in [0.05, 0.1) is 5.71 Å². The van der Waals surface area contributed by atoms with Gasteiger partial charge in [0.15, 0.2) is 0 Å². The Morgan fingerprint density at radius 1 is 1.35 bits per heavy atom. The molecule has 2 rings (SSSR count). The van der Waals surface area contributed by atoms with Crippen molar-refractivity contribution >= 4 is 11.8 Å². The van der Waals surface area contributed by atoms with Crippen LogP contribution in [0, 0.1) is 5.41 Å². The van der Waals surface area contributed by atoms with Gasteiger partial charge in [0, 0.05) is 18.6 Å². The number of likely N-dealkylation sites (tertiary alicyclic amines) is 1. The normalized spacial score (nSPS) is 24.1. The van der Waals surface area contributed by atoms with Gasteiger partial charge in [-0.2, -0.15) is 5.10 Å². The first-order valence-corrected chi connectivity index (χ1v) is 7.31. The van der Waals surface area contributed by atoms with Crippen LogP contribution in [-0.2, 0) is 0 Å². The summed E-state index contributed by atoms with van der Waals surface area (Å²) in [5.74, 6) is 0. The molecule has 0 aromatic rings. The molecule has 2 N–H and O–H groups in total. The maximum Gasteiger partial charge on any atom is 0.407 e. The minimum Gasteiger partial charge on any atom is -0.465 e. The quantitative estimate of drug-likeness (QED) is 0.725. The molecule has 1 amide bonds. The van der Waals surface area contributed by atoms with Crippen LogP contribution in [0.25, 0.3) is 0 Å². The van der Waals surface area contributed by atoms with Crippen LogP contribution in [0.3, 0.4) is 0 Å². The van der Waals surface area contributed by atoms with Crippen molar-refractivity contribution in [1.29, 1.82) is 0 Å². The highest BCUT2D eigenvalue weighted by molar-refractivity contribution is 5.95. The molecule has 5 heteroatoms. The van der Waals surface area contributed by atoms with Crippen LogP contribution in [0.15, 0.2) is 17.3 Å². The minimum absolute atomic E-state index is 0.0111. The molecule has 2 aliphatic rings. The van der Waals surface area contributed by atoms with E-state index in [-0.39, 0.29) is 11.0 Å². The van der Waals surface area contributed by atoms with Crippen LogP contribution >= 0.6 is 0 Å². The van der Waals surface area contributed by atoms with E-state index in [9.17, 15) is 4.79 Å². The van der Waals surface area contributed by atoms with Gasteiger partial charge in [-0.05, 0) is 57.9 Å². The number of hydrazone groups is 1. The second-order valence-corrected chi connectivity index (χ2v) is 6.93. The molecule has 1 fully saturated rings. The fraction of sp³-hybridized carbons (Fsp3) is 0.733. The fourth-order valence-corrected chi connectivity index (χ4v) is 2.71. The number of rotatable bonds is 1. The summed E-state index contributed by atoms with van der Waals surface area (Å²) in [6.07, 6.45) is 7.45. The second-order valence-electron chi connectivity index (χ2n) is 6.93. The molecular weight excluding hydrogens is 254 g/mol. The Kier molecular flexibility index (Phi) is 4.06. The number of hydrogen-bond donors (Lipinski definition) is 2. The standard InChI is InChI=1S/C15H25N3O2/c1-14(2,3)17-16-12-4-6-15(7-5-12)8-10-18(11-9-15)13(19)20/h4,6,17H,5,7-11H2,1-3H3,(H,19,20). The largest absolute Gasteiger partial charge is 0.465 e. The first-order chi connectivity index (χ1) is 9.30. The van der Waals surface area contributed by atoms with Crippen molar-refractivity contribution in [2.75, 3.05) is 13.1 Å². The molecule has 0 aromatic carbocycles. The van der Waals surface area contributed by atoms with Gasteiger partial charge in [0.25, 0.3) is 0 Å². The van der Waals surface area contributed by atoms with Crippen LogP contribution in [0.2, 0.25) is 0 Å². The third-order valence-electron chi connectivity index (χ3n) is 4.07. The lowest BCUT2D eigenvalue weighted by Crippen LogP contribution is -2.42. The molecule has 0 aromatic heterocycles. The molecule has 5 nitrogen and oxygen atoms in total. The summed E-state index contributed by atoms with van der Waals surface area (Å²) in [7, 11) is 0. The maximum atomic E-state index is 10.9. The van der Waals surface area contributed by atoms with Crippen molar-refractivity contribution in [3.05, 3.63) is 12.2 Å². The van der Waals surface area contributed by atoms with Gasteiger partial charge in [-0.1, -0.05) is 6.08 Å². The van der Waals surface area contributed by atoms with Gasteiger partial charge < -0.3 is 15.4 Å². The van der Waals surface area contributed by atoms with Gasteiger partial charge >= 0.3 is 6.09 Å². The Hall–Kier alpha value is -1.52. The van der Waals surface area contributed by atoms with Crippen molar-refractivity contribution in [1.82, 2.24) is 10.3 Å². The summed E-state index contributed by atoms with van der Waals surface area (Å²) in [5, 5.41) is 13.4. The molecule has 1 aliphatic carbocycles. The van der Waals surface area contributed by atoms with Gasteiger partial charge in [-0.15, -0.1) is 0 Å². The molecule has 0 unspecified atom stereocenters. The average Bonchev–Trinajstić information content (AvgIpc) is 2.38. The Morgan fingerprint density at radius 3 is 2.45 bits per heavy atom. The number of carboxylic acid groups (broad SMARTS) is 1. The lowest BCUT2D eigenvalue weighted by molar-refractivity contribution is 0.105. The summed E-state index contributed by atoms with van der Waals surface area (Å²) < 4.78 is 0. The number of nitrogens with zero attached hydrogens (tertiary/aromatic N) is 2. The molecule has 0 radical (unpaired) electrons. The molecule has 20 heavy (non-hydrogen) atoms. The van der Waals surface area contributed by atoms with Gasteiger partial charge in [0.2, 0.25) is 0 Å². The first kappa shape index (κ1) is 14.9.